The molecule has 0 unspecified atom stereocenters. The number of aryl methyl sites for hydroxylation is 2. The Morgan fingerprint density at radius 2 is 1.86 bits per heavy atom. The molecule has 0 spiro atoms. The van der Waals surface area contributed by atoms with Crippen LogP contribution in [0.2, 0.25) is 0 Å². The van der Waals surface area contributed by atoms with E-state index in [0.717, 1.165) is 0 Å². The quantitative estimate of drug-likeness (QED) is 0.204. The van der Waals surface area contributed by atoms with Crippen molar-refractivity contribution in [1.29, 1.82) is 0 Å². The molecular weight excluding hydrogens is 434 g/mol. The topological polar surface area (TPSA) is 0 Å². The summed E-state index contributed by atoms with van der Waals surface area (Å²) in [6.45, 7) is 14.4. The summed E-state index contributed by atoms with van der Waals surface area (Å²) in [5.74, 6) is 0. The molecule has 148 valence electrons. The molecule has 0 heterocycles. The SMILES string of the molecule is C=CC=CC.CCCC[c-]1cccc1C.CP(C)c1cc2ccccc2[cH-]1.[Zr+2]. The van der Waals surface area contributed by atoms with Gasteiger partial charge in [-0.1, -0.05) is 64.0 Å². The maximum absolute atomic E-state index is 3.46. The molecule has 28 heavy (non-hydrogen) atoms. The fourth-order valence-corrected chi connectivity index (χ4v) is 3.52. The summed E-state index contributed by atoms with van der Waals surface area (Å²) in [6, 6.07) is 19.7. The molecule has 0 N–H and O–H groups in total. The Morgan fingerprint density at radius 1 is 1.14 bits per heavy atom. The third-order valence-corrected chi connectivity index (χ3v) is 5.69. The molecule has 2 heteroatoms. The first-order valence-electron chi connectivity index (χ1n) is 9.81. The first-order valence-corrected chi connectivity index (χ1v) is 12.0. The molecule has 0 fully saturated rings. The molecule has 0 bridgehead atoms. The van der Waals surface area contributed by atoms with Gasteiger partial charge in [0.2, 0.25) is 0 Å². The first-order chi connectivity index (χ1) is 13.0. The molecule has 0 aromatic heterocycles. The molecule has 3 aromatic rings. The Labute approximate surface area is 193 Å². The molecule has 0 aliphatic carbocycles. The molecule has 0 amide bonds. The van der Waals surface area contributed by atoms with Gasteiger partial charge in [0.1, 0.15) is 0 Å². The van der Waals surface area contributed by atoms with Gasteiger partial charge >= 0.3 is 26.2 Å². The molecule has 0 atom stereocenters. The normalized spacial score (nSPS) is 10.1. The van der Waals surface area contributed by atoms with Gasteiger partial charge in [-0.3, -0.25) is 0 Å². The molecule has 0 radical (unpaired) electrons. The third-order valence-electron chi connectivity index (χ3n) is 4.40. The van der Waals surface area contributed by atoms with Crippen LogP contribution in [0.15, 0.2) is 79.4 Å². The maximum Gasteiger partial charge on any atom is 2.00 e. The minimum atomic E-state index is 0. The second-order valence-electron chi connectivity index (χ2n) is 6.84. The van der Waals surface area contributed by atoms with Crippen LogP contribution in [0.3, 0.4) is 0 Å². The Kier molecular flexibility index (Phi) is 15.3. The van der Waals surface area contributed by atoms with Gasteiger partial charge in [0.05, 0.1) is 0 Å². The van der Waals surface area contributed by atoms with Gasteiger partial charge in [0.25, 0.3) is 0 Å². The van der Waals surface area contributed by atoms with E-state index in [-0.39, 0.29) is 34.1 Å². The Morgan fingerprint density at radius 3 is 2.32 bits per heavy atom. The predicted octanol–water partition coefficient (Wildman–Crippen LogP) is 7.73. The molecular formula is C26H35PZr. The van der Waals surface area contributed by atoms with Gasteiger partial charge in [-0.05, 0) is 20.3 Å². The van der Waals surface area contributed by atoms with Crippen LogP contribution >= 0.6 is 7.92 Å². The van der Waals surface area contributed by atoms with Gasteiger partial charge in [0.15, 0.2) is 0 Å². The van der Waals surface area contributed by atoms with E-state index in [1.165, 1.54) is 46.5 Å². The number of rotatable bonds is 5. The minimum Gasteiger partial charge on any atom is -0.213 e. The van der Waals surface area contributed by atoms with Crippen molar-refractivity contribution < 1.29 is 26.2 Å². The summed E-state index contributed by atoms with van der Waals surface area (Å²) < 4.78 is 0. The van der Waals surface area contributed by atoms with Crippen LogP contribution in [0.5, 0.6) is 0 Å². The van der Waals surface area contributed by atoms with Gasteiger partial charge in [-0.25, -0.2) is 12.1 Å². The van der Waals surface area contributed by atoms with Crippen molar-refractivity contribution >= 4 is 24.0 Å². The minimum absolute atomic E-state index is 0. The standard InChI is InChI=1S/C11H12P.C10H15.C5H8.Zr/c1-12(2)11-7-9-5-3-4-6-10(9)8-11;1-3-4-7-10-8-5-6-9(10)2;1-3-5-4-2;/h3-8H,1-2H3;5-6,8H,3-4,7H2,1-2H3;3-5H,1H2,2H3;/q2*-1;;+2. The zero-order valence-electron chi connectivity index (χ0n) is 18.2. The van der Waals surface area contributed by atoms with E-state index in [9.17, 15) is 0 Å². The summed E-state index contributed by atoms with van der Waals surface area (Å²) in [6.07, 6.45) is 9.46. The van der Waals surface area contributed by atoms with E-state index in [1.807, 2.05) is 19.1 Å². The number of hydrogen-bond acceptors (Lipinski definition) is 0. The Bertz CT molecular complexity index is 772. The van der Waals surface area contributed by atoms with Crippen LogP contribution in [0.1, 0.15) is 37.8 Å². The Balaban J connectivity index is 0.000000416. The number of fused-ring (bicyclic) bond motifs is 1. The molecule has 0 nitrogen and oxygen atoms in total. The van der Waals surface area contributed by atoms with Crippen molar-refractivity contribution in [1.82, 2.24) is 0 Å². The monoisotopic (exact) mass is 468 g/mol. The second kappa shape index (κ2) is 15.8. The molecule has 0 saturated carbocycles. The van der Waals surface area contributed by atoms with Crippen LogP contribution in [-0.2, 0) is 32.6 Å². The van der Waals surface area contributed by atoms with Crippen molar-refractivity contribution in [2.24, 2.45) is 0 Å². The predicted molar refractivity (Wildman–Crippen MR) is 128 cm³/mol. The van der Waals surface area contributed by atoms with E-state index in [0.29, 0.717) is 0 Å². The average Bonchev–Trinajstić information content (AvgIpc) is 3.28. The second-order valence-corrected chi connectivity index (χ2v) is 9.14. The maximum atomic E-state index is 3.46. The van der Waals surface area contributed by atoms with E-state index < -0.39 is 0 Å². The number of benzene rings is 1. The third kappa shape index (κ3) is 9.95. The van der Waals surface area contributed by atoms with E-state index >= 15 is 0 Å². The molecule has 3 aromatic carbocycles. The first kappa shape index (κ1) is 27.0. The van der Waals surface area contributed by atoms with Crippen molar-refractivity contribution in [2.45, 2.75) is 40.0 Å². The number of hydrogen-bond donors (Lipinski definition) is 0. The molecule has 0 aliphatic rings. The van der Waals surface area contributed by atoms with Crippen molar-refractivity contribution in [3.05, 3.63) is 90.5 Å². The number of allylic oxidation sites excluding steroid dienone is 3. The molecule has 0 saturated heterocycles. The summed E-state index contributed by atoms with van der Waals surface area (Å²) in [4.78, 5) is 0. The summed E-state index contributed by atoms with van der Waals surface area (Å²) in [5.41, 5.74) is 2.98. The van der Waals surface area contributed by atoms with Crippen LogP contribution in [0.25, 0.3) is 10.8 Å². The Hall–Kier alpha value is -1.03. The van der Waals surface area contributed by atoms with Gasteiger partial charge in [0, 0.05) is 0 Å². The molecule has 3 rings (SSSR count). The van der Waals surface area contributed by atoms with Crippen molar-refractivity contribution in [2.75, 3.05) is 13.3 Å². The van der Waals surface area contributed by atoms with Gasteiger partial charge in [-0.2, -0.15) is 23.3 Å². The fourth-order valence-electron chi connectivity index (χ4n) is 2.72. The summed E-state index contributed by atoms with van der Waals surface area (Å²) in [7, 11) is 0.0576. The zero-order chi connectivity index (χ0) is 20.1. The summed E-state index contributed by atoms with van der Waals surface area (Å²) in [5, 5.41) is 4.26. The van der Waals surface area contributed by atoms with E-state index in [4.69, 9.17) is 0 Å². The van der Waals surface area contributed by atoms with Crippen LogP contribution < -0.4 is 5.30 Å². The smallest absolute Gasteiger partial charge is 0.213 e. The van der Waals surface area contributed by atoms with Gasteiger partial charge < -0.3 is 0 Å². The van der Waals surface area contributed by atoms with E-state index in [1.54, 1.807) is 6.08 Å². The largest absolute Gasteiger partial charge is 2.00 e. The van der Waals surface area contributed by atoms with Crippen LogP contribution in [0.4, 0.5) is 0 Å². The van der Waals surface area contributed by atoms with Crippen molar-refractivity contribution in [3.63, 3.8) is 0 Å². The molecule has 0 aliphatic heterocycles. The van der Waals surface area contributed by atoms with Crippen LogP contribution in [-0.4, -0.2) is 13.3 Å². The van der Waals surface area contributed by atoms with Gasteiger partial charge in [-0.15, -0.1) is 48.3 Å². The van der Waals surface area contributed by atoms with Crippen molar-refractivity contribution in [3.8, 4) is 0 Å². The summed E-state index contributed by atoms with van der Waals surface area (Å²) >= 11 is 0. The average molecular weight is 470 g/mol. The van der Waals surface area contributed by atoms with E-state index in [2.05, 4.69) is 88.4 Å². The zero-order valence-corrected chi connectivity index (χ0v) is 21.6. The number of unbranched alkanes of at least 4 members (excludes halogenated alkanes) is 1. The van der Waals surface area contributed by atoms with Crippen LogP contribution in [0, 0.1) is 6.92 Å². The fraction of sp³-hybridized carbons (Fsp3) is 0.308.